The summed E-state index contributed by atoms with van der Waals surface area (Å²) in [5.74, 6) is 0.528. The number of nitrogens with one attached hydrogen (secondary N) is 1. The van der Waals surface area contributed by atoms with Crippen LogP contribution in [0.3, 0.4) is 0 Å². The molecule has 1 saturated carbocycles. The molecule has 7 nitrogen and oxygen atoms in total. The van der Waals surface area contributed by atoms with Gasteiger partial charge in [0, 0.05) is 37.2 Å². The summed E-state index contributed by atoms with van der Waals surface area (Å²) < 4.78 is 83.0. The normalized spacial score (nSPS) is 22.9. The van der Waals surface area contributed by atoms with Crippen molar-refractivity contribution in [1.82, 2.24) is 19.6 Å². The van der Waals surface area contributed by atoms with Crippen molar-refractivity contribution in [3.63, 3.8) is 0 Å². The first kappa shape index (κ1) is 22.5. The van der Waals surface area contributed by atoms with Crippen LogP contribution in [0.25, 0.3) is 5.65 Å². The van der Waals surface area contributed by atoms with E-state index in [0.29, 0.717) is 18.8 Å². The molecule has 4 heterocycles. The predicted octanol–water partition coefficient (Wildman–Crippen LogP) is 4.41. The standard InChI is InChI=1S/C21H20F6N6O/c22-20(23,24)11-34-15-2-1-7-33-18(15)30-19(31-33)29-17-12-3-4-13(17)10-32(9-12)14-5-6-28-16(8-14)21(25,26)27/h1-2,5-8,12-13,17H,3-4,9-11H2,(H,29,31)/t12-,13+,17?. The predicted molar refractivity (Wildman–Crippen MR) is 110 cm³/mol. The number of fused-ring (bicyclic) bond motifs is 3. The Bertz CT molecular complexity index is 1160. The summed E-state index contributed by atoms with van der Waals surface area (Å²) in [7, 11) is 0. The Hall–Kier alpha value is -3.25. The molecule has 182 valence electrons. The zero-order chi connectivity index (χ0) is 24.1. The molecule has 3 atom stereocenters. The van der Waals surface area contributed by atoms with E-state index in [9.17, 15) is 26.3 Å². The fourth-order valence-electron chi connectivity index (χ4n) is 4.80. The van der Waals surface area contributed by atoms with Crippen LogP contribution in [-0.2, 0) is 6.18 Å². The van der Waals surface area contributed by atoms with Crippen LogP contribution in [-0.4, -0.2) is 51.5 Å². The Morgan fingerprint density at radius 3 is 2.47 bits per heavy atom. The van der Waals surface area contributed by atoms with E-state index >= 15 is 0 Å². The maximum atomic E-state index is 13.1. The molecule has 1 aliphatic carbocycles. The van der Waals surface area contributed by atoms with Crippen LogP contribution in [0.15, 0.2) is 36.7 Å². The topological polar surface area (TPSA) is 67.6 Å². The molecule has 3 aromatic heterocycles. The van der Waals surface area contributed by atoms with Crippen LogP contribution in [0.2, 0.25) is 0 Å². The highest BCUT2D eigenvalue weighted by atomic mass is 19.4. The van der Waals surface area contributed by atoms with Crippen molar-refractivity contribution < 1.29 is 31.1 Å². The molecule has 1 aliphatic heterocycles. The number of anilines is 2. The molecule has 1 unspecified atom stereocenters. The lowest BCUT2D eigenvalue weighted by molar-refractivity contribution is -0.153. The number of alkyl halides is 6. The first-order valence-electron chi connectivity index (χ1n) is 10.7. The van der Waals surface area contributed by atoms with Gasteiger partial charge in [-0.3, -0.25) is 4.98 Å². The second-order valence-corrected chi connectivity index (χ2v) is 8.55. The van der Waals surface area contributed by atoms with Crippen LogP contribution >= 0.6 is 0 Å². The van der Waals surface area contributed by atoms with Crippen LogP contribution in [0.1, 0.15) is 18.5 Å². The van der Waals surface area contributed by atoms with Crippen molar-refractivity contribution in [3.8, 4) is 5.75 Å². The van der Waals surface area contributed by atoms with E-state index in [0.717, 1.165) is 18.9 Å². The summed E-state index contributed by atoms with van der Waals surface area (Å²) in [6.07, 6.45) is -4.47. The SMILES string of the molecule is FC(F)(F)COc1cccn2nc(NC3[C@@H]4CC[C@H]3CN(c3ccnc(C(F)(F)F)c3)C4)nc12. The Morgan fingerprint density at radius 2 is 1.79 bits per heavy atom. The number of halogens is 6. The van der Waals surface area contributed by atoms with Crippen molar-refractivity contribution in [2.45, 2.75) is 31.2 Å². The molecule has 1 N–H and O–H groups in total. The molecule has 2 aliphatic rings. The summed E-state index contributed by atoms with van der Waals surface area (Å²) in [6, 6.07) is 5.56. The van der Waals surface area contributed by atoms with Crippen molar-refractivity contribution in [2.24, 2.45) is 11.8 Å². The van der Waals surface area contributed by atoms with E-state index in [2.05, 4.69) is 20.4 Å². The first-order chi connectivity index (χ1) is 16.1. The second kappa shape index (κ2) is 8.20. The second-order valence-electron chi connectivity index (χ2n) is 8.55. The molecule has 2 fully saturated rings. The highest BCUT2D eigenvalue weighted by molar-refractivity contribution is 5.56. The number of nitrogens with zero attached hydrogens (tertiary/aromatic N) is 5. The molecule has 13 heteroatoms. The van der Waals surface area contributed by atoms with Crippen LogP contribution < -0.4 is 15.0 Å². The average molecular weight is 486 g/mol. The van der Waals surface area contributed by atoms with Crippen LogP contribution in [0.4, 0.5) is 38.0 Å². The van der Waals surface area contributed by atoms with E-state index in [1.165, 1.54) is 22.8 Å². The van der Waals surface area contributed by atoms with E-state index in [1.54, 1.807) is 12.3 Å². The number of ether oxygens (including phenoxy) is 1. The molecule has 0 aromatic carbocycles. The molecule has 5 rings (SSSR count). The van der Waals surface area contributed by atoms with Crippen molar-refractivity contribution >= 4 is 17.3 Å². The fourth-order valence-corrected chi connectivity index (χ4v) is 4.80. The zero-order valence-electron chi connectivity index (χ0n) is 17.6. The Kier molecular flexibility index (Phi) is 5.44. The van der Waals surface area contributed by atoms with Gasteiger partial charge in [0.2, 0.25) is 5.95 Å². The molecule has 34 heavy (non-hydrogen) atoms. The zero-order valence-corrected chi connectivity index (χ0v) is 17.6. The van der Waals surface area contributed by atoms with Gasteiger partial charge >= 0.3 is 12.4 Å². The third-order valence-corrected chi connectivity index (χ3v) is 6.25. The van der Waals surface area contributed by atoms with Crippen molar-refractivity contribution in [3.05, 3.63) is 42.4 Å². The van der Waals surface area contributed by atoms with Gasteiger partial charge in [-0.05, 0) is 48.9 Å². The minimum Gasteiger partial charge on any atom is -0.480 e. The van der Waals surface area contributed by atoms with E-state index in [4.69, 9.17) is 4.74 Å². The van der Waals surface area contributed by atoms with Gasteiger partial charge in [-0.25, -0.2) is 4.52 Å². The highest BCUT2D eigenvalue weighted by Crippen LogP contribution is 2.41. The van der Waals surface area contributed by atoms with Gasteiger partial charge in [0.15, 0.2) is 18.0 Å². The first-order valence-corrected chi connectivity index (χ1v) is 10.7. The maximum absolute atomic E-state index is 13.1. The maximum Gasteiger partial charge on any atom is 0.433 e. The number of rotatable bonds is 5. The molecule has 0 amide bonds. The largest absolute Gasteiger partial charge is 0.480 e. The smallest absolute Gasteiger partial charge is 0.433 e. The van der Waals surface area contributed by atoms with E-state index in [1.807, 2.05) is 4.90 Å². The van der Waals surface area contributed by atoms with Crippen molar-refractivity contribution in [2.75, 3.05) is 29.9 Å². The average Bonchev–Trinajstić information content (AvgIpc) is 3.27. The van der Waals surface area contributed by atoms with Crippen molar-refractivity contribution in [1.29, 1.82) is 0 Å². The number of hydrogen-bond donors (Lipinski definition) is 1. The highest BCUT2D eigenvalue weighted by Gasteiger charge is 2.43. The van der Waals surface area contributed by atoms with E-state index in [-0.39, 0.29) is 35.2 Å². The molecular weight excluding hydrogens is 466 g/mol. The molecular formula is C21H20F6N6O. The monoisotopic (exact) mass is 486 g/mol. The lowest BCUT2D eigenvalue weighted by atomic mass is 9.92. The van der Waals surface area contributed by atoms with Gasteiger partial charge in [-0.15, -0.1) is 5.10 Å². The summed E-state index contributed by atoms with van der Waals surface area (Å²) in [4.78, 5) is 9.69. The molecule has 0 radical (unpaired) electrons. The Balaban J connectivity index is 1.31. The molecule has 1 saturated heterocycles. The third kappa shape index (κ3) is 4.55. The van der Waals surface area contributed by atoms with Crippen LogP contribution in [0, 0.1) is 11.8 Å². The number of pyridine rings is 2. The number of hydrogen-bond acceptors (Lipinski definition) is 6. The Labute approximate surface area is 189 Å². The third-order valence-electron chi connectivity index (χ3n) is 6.25. The Morgan fingerprint density at radius 1 is 1.06 bits per heavy atom. The lowest BCUT2D eigenvalue weighted by Gasteiger charge is -2.39. The van der Waals surface area contributed by atoms with Gasteiger partial charge < -0.3 is 15.0 Å². The summed E-state index contributed by atoms with van der Waals surface area (Å²) in [5, 5.41) is 7.61. The summed E-state index contributed by atoms with van der Waals surface area (Å²) in [6.45, 7) is -0.318. The van der Waals surface area contributed by atoms with Crippen LogP contribution in [0.5, 0.6) is 5.75 Å². The fraction of sp³-hybridized carbons (Fsp3) is 0.476. The van der Waals surface area contributed by atoms with E-state index < -0.39 is 24.7 Å². The lowest BCUT2D eigenvalue weighted by Crippen LogP contribution is -2.48. The van der Waals surface area contributed by atoms with Gasteiger partial charge in [0.1, 0.15) is 5.69 Å². The van der Waals surface area contributed by atoms with Gasteiger partial charge in [-0.2, -0.15) is 31.3 Å². The molecule has 2 bridgehead atoms. The summed E-state index contributed by atoms with van der Waals surface area (Å²) in [5.41, 5.74) is -0.277. The quantitative estimate of drug-likeness (QED) is 0.539. The number of aromatic nitrogens is 4. The minimum absolute atomic E-state index is 0.00266. The van der Waals surface area contributed by atoms with Gasteiger partial charge in [0.25, 0.3) is 0 Å². The number of piperidine rings is 1. The van der Waals surface area contributed by atoms with Gasteiger partial charge in [-0.1, -0.05) is 0 Å². The van der Waals surface area contributed by atoms with Gasteiger partial charge in [0.05, 0.1) is 0 Å². The minimum atomic E-state index is -4.51. The summed E-state index contributed by atoms with van der Waals surface area (Å²) >= 11 is 0. The molecule has 3 aromatic rings. The molecule has 0 spiro atoms.